The lowest BCUT2D eigenvalue weighted by molar-refractivity contribution is -0.0498. The van der Waals surface area contributed by atoms with E-state index in [0.717, 1.165) is 0 Å². The van der Waals surface area contributed by atoms with Gasteiger partial charge in [-0.2, -0.15) is 8.78 Å². The first-order valence-electron chi connectivity index (χ1n) is 7.28. The summed E-state index contributed by atoms with van der Waals surface area (Å²) in [6.45, 7) is -1.05. The Morgan fingerprint density at radius 1 is 1.16 bits per heavy atom. The van der Waals surface area contributed by atoms with Crippen LogP contribution in [0, 0.1) is 0 Å². The van der Waals surface area contributed by atoms with Crippen molar-refractivity contribution in [1.82, 2.24) is 4.72 Å². The van der Waals surface area contributed by atoms with Crippen LogP contribution in [0.15, 0.2) is 53.4 Å². The Labute approximate surface area is 143 Å². The maximum atomic E-state index is 12.2. The van der Waals surface area contributed by atoms with E-state index in [-0.39, 0.29) is 22.8 Å². The molecule has 0 radical (unpaired) electrons. The molecule has 6 nitrogen and oxygen atoms in total. The zero-order valence-electron chi connectivity index (χ0n) is 13.2. The quantitative estimate of drug-likeness (QED) is 0.785. The van der Waals surface area contributed by atoms with Crippen LogP contribution in [-0.4, -0.2) is 27.5 Å². The number of alkyl halides is 2. The van der Waals surface area contributed by atoms with E-state index in [1.807, 2.05) is 0 Å². The van der Waals surface area contributed by atoms with Crippen LogP contribution < -0.4 is 14.8 Å². The number of hydrogen-bond acceptors (Lipinski definition) is 4. The fraction of sp³-hybridized carbons (Fsp3) is 0.188. The molecule has 0 aliphatic rings. The van der Waals surface area contributed by atoms with Gasteiger partial charge in [0.25, 0.3) is 5.91 Å². The van der Waals surface area contributed by atoms with E-state index in [9.17, 15) is 22.0 Å². The molecule has 0 bridgehead atoms. The summed E-state index contributed by atoms with van der Waals surface area (Å²) in [4.78, 5) is 12.2. The molecule has 9 heteroatoms. The molecule has 0 saturated carbocycles. The van der Waals surface area contributed by atoms with E-state index in [1.54, 1.807) is 6.92 Å². The van der Waals surface area contributed by atoms with Crippen molar-refractivity contribution in [2.45, 2.75) is 18.4 Å². The number of hydrogen-bond donors (Lipinski definition) is 2. The summed E-state index contributed by atoms with van der Waals surface area (Å²) < 4.78 is 54.7. The predicted molar refractivity (Wildman–Crippen MR) is 88.3 cm³/mol. The molecule has 0 aromatic heterocycles. The Kier molecular flexibility index (Phi) is 6.05. The van der Waals surface area contributed by atoms with Gasteiger partial charge in [0, 0.05) is 17.8 Å². The third-order valence-corrected chi connectivity index (χ3v) is 4.62. The second-order valence-electron chi connectivity index (χ2n) is 4.89. The van der Waals surface area contributed by atoms with Crippen molar-refractivity contribution in [3.05, 3.63) is 54.1 Å². The van der Waals surface area contributed by atoms with Crippen molar-refractivity contribution in [2.75, 3.05) is 11.9 Å². The average molecular weight is 370 g/mol. The van der Waals surface area contributed by atoms with Crippen molar-refractivity contribution < 1.29 is 26.7 Å². The first-order chi connectivity index (χ1) is 11.8. The molecule has 0 atom stereocenters. The molecule has 0 aliphatic carbocycles. The van der Waals surface area contributed by atoms with Crippen molar-refractivity contribution in [1.29, 1.82) is 0 Å². The van der Waals surface area contributed by atoms with Crippen molar-refractivity contribution in [2.24, 2.45) is 0 Å². The lowest BCUT2D eigenvalue weighted by Gasteiger charge is -2.09. The Morgan fingerprint density at radius 2 is 1.84 bits per heavy atom. The number of nitrogens with one attached hydrogen (secondary N) is 2. The number of sulfonamides is 1. The smallest absolute Gasteiger partial charge is 0.387 e. The molecule has 2 aromatic carbocycles. The first kappa shape index (κ1) is 18.8. The van der Waals surface area contributed by atoms with Crippen molar-refractivity contribution in [3.8, 4) is 5.75 Å². The molecule has 2 N–H and O–H groups in total. The molecule has 0 saturated heterocycles. The maximum absolute atomic E-state index is 12.2. The number of anilines is 1. The maximum Gasteiger partial charge on any atom is 0.387 e. The Hall–Kier alpha value is -2.52. The molecule has 25 heavy (non-hydrogen) atoms. The zero-order chi connectivity index (χ0) is 18.4. The number of ether oxygens (including phenoxy) is 1. The SMILES string of the molecule is CCNS(=O)(=O)c1cccc(C(=O)Nc2ccc(OC(F)F)cc2)c1. The molecule has 2 rings (SSSR count). The van der Waals surface area contributed by atoms with Gasteiger partial charge in [0.2, 0.25) is 10.0 Å². The minimum Gasteiger partial charge on any atom is -0.435 e. The molecule has 134 valence electrons. The average Bonchev–Trinajstić information content (AvgIpc) is 2.56. The van der Waals surface area contributed by atoms with Gasteiger partial charge in [-0.1, -0.05) is 13.0 Å². The molecule has 0 heterocycles. The fourth-order valence-electron chi connectivity index (χ4n) is 2.00. The van der Waals surface area contributed by atoms with Gasteiger partial charge in [0.15, 0.2) is 0 Å². The minimum absolute atomic E-state index is 0.0253. The van der Waals surface area contributed by atoms with Crippen LogP contribution in [0.2, 0.25) is 0 Å². The van der Waals surface area contributed by atoms with Gasteiger partial charge in [-0.25, -0.2) is 13.1 Å². The van der Waals surface area contributed by atoms with Crippen molar-refractivity contribution in [3.63, 3.8) is 0 Å². The Morgan fingerprint density at radius 3 is 2.44 bits per heavy atom. The Balaban J connectivity index is 2.13. The summed E-state index contributed by atoms with van der Waals surface area (Å²) in [5.41, 5.74) is 0.499. The highest BCUT2D eigenvalue weighted by molar-refractivity contribution is 7.89. The second-order valence-corrected chi connectivity index (χ2v) is 6.65. The number of amides is 1. The van der Waals surface area contributed by atoms with E-state index >= 15 is 0 Å². The van der Waals surface area contributed by atoms with Gasteiger partial charge in [-0.05, 0) is 42.5 Å². The summed E-state index contributed by atoms with van der Waals surface area (Å²) in [7, 11) is -3.67. The molecule has 0 spiro atoms. The van der Waals surface area contributed by atoms with Gasteiger partial charge in [-0.3, -0.25) is 4.79 Å². The topological polar surface area (TPSA) is 84.5 Å². The molecular formula is C16H16F2N2O4S. The van der Waals surface area contributed by atoms with E-state index in [4.69, 9.17) is 0 Å². The monoisotopic (exact) mass is 370 g/mol. The number of rotatable bonds is 7. The highest BCUT2D eigenvalue weighted by atomic mass is 32.2. The standard InChI is InChI=1S/C16H16F2N2O4S/c1-2-19-25(22,23)14-5-3-4-11(10-14)15(21)20-12-6-8-13(9-7-12)24-16(17)18/h3-10,16,19H,2H2,1H3,(H,20,21). The molecule has 0 fully saturated rings. The van der Waals surface area contributed by atoms with E-state index in [2.05, 4.69) is 14.8 Å². The largest absolute Gasteiger partial charge is 0.435 e. The van der Waals surface area contributed by atoms with Gasteiger partial charge in [-0.15, -0.1) is 0 Å². The van der Waals surface area contributed by atoms with Gasteiger partial charge in [0.1, 0.15) is 5.75 Å². The third kappa shape index (κ3) is 5.23. The lowest BCUT2D eigenvalue weighted by Crippen LogP contribution is -2.23. The van der Waals surface area contributed by atoms with Crippen LogP contribution in [-0.2, 0) is 10.0 Å². The third-order valence-electron chi connectivity index (χ3n) is 3.08. The first-order valence-corrected chi connectivity index (χ1v) is 8.76. The fourth-order valence-corrected chi connectivity index (χ4v) is 3.09. The van der Waals surface area contributed by atoms with Crippen LogP contribution >= 0.6 is 0 Å². The lowest BCUT2D eigenvalue weighted by atomic mass is 10.2. The van der Waals surface area contributed by atoms with Crippen LogP contribution in [0.1, 0.15) is 17.3 Å². The number of halogens is 2. The highest BCUT2D eigenvalue weighted by Crippen LogP contribution is 2.19. The van der Waals surface area contributed by atoms with Gasteiger partial charge < -0.3 is 10.1 Å². The van der Waals surface area contributed by atoms with Crippen LogP contribution in [0.4, 0.5) is 14.5 Å². The summed E-state index contributed by atoms with van der Waals surface area (Å²) in [5.74, 6) is -0.567. The van der Waals surface area contributed by atoms with E-state index in [1.165, 1.54) is 48.5 Å². The van der Waals surface area contributed by atoms with E-state index in [0.29, 0.717) is 5.69 Å². The van der Waals surface area contributed by atoms with Gasteiger partial charge >= 0.3 is 6.61 Å². The number of benzene rings is 2. The van der Waals surface area contributed by atoms with E-state index < -0.39 is 22.5 Å². The molecule has 1 amide bonds. The predicted octanol–water partition coefficient (Wildman–Crippen LogP) is 2.84. The minimum atomic E-state index is -3.67. The molecule has 0 unspecified atom stereocenters. The summed E-state index contributed by atoms with van der Waals surface area (Å²) >= 11 is 0. The molecule has 0 aliphatic heterocycles. The molecule has 2 aromatic rings. The number of carbonyl (C=O) groups is 1. The molecular weight excluding hydrogens is 354 g/mol. The van der Waals surface area contributed by atoms with Gasteiger partial charge in [0.05, 0.1) is 4.90 Å². The van der Waals surface area contributed by atoms with Crippen molar-refractivity contribution >= 4 is 21.6 Å². The van der Waals surface area contributed by atoms with Crippen LogP contribution in [0.3, 0.4) is 0 Å². The zero-order valence-corrected chi connectivity index (χ0v) is 14.0. The summed E-state index contributed by atoms with van der Waals surface area (Å²) in [6, 6.07) is 10.9. The highest BCUT2D eigenvalue weighted by Gasteiger charge is 2.15. The summed E-state index contributed by atoms with van der Waals surface area (Å²) in [6.07, 6.45) is 0. The summed E-state index contributed by atoms with van der Waals surface area (Å²) in [5, 5.41) is 2.55. The van der Waals surface area contributed by atoms with Crippen LogP contribution in [0.5, 0.6) is 5.75 Å². The van der Waals surface area contributed by atoms with Crippen LogP contribution in [0.25, 0.3) is 0 Å². The second kappa shape index (κ2) is 8.04. The Bertz CT molecular complexity index is 839. The normalized spacial score (nSPS) is 11.4. The number of carbonyl (C=O) groups excluding carboxylic acids is 1.